The third-order valence-electron chi connectivity index (χ3n) is 3.40. The molecule has 2 amide bonds. The highest BCUT2D eigenvalue weighted by Gasteiger charge is 2.15. The van der Waals surface area contributed by atoms with Crippen molar-refractivity contribution >= 4 is 18.2 Å². The van der Waals surface area contributed by atoms with E-state index in [9.17, 15) is 9.59 Å². The second-order valence-corrected chi connectivity index (χ2v) is 5.10. The molecule has 0 unspecified atom stereocenters. The van der Waals surface area contributed by atoms with E-state index in [2.05, 4.69) is 10.5 Å². The van der Waals surface area contributed by atoms with Gasteiger partial charge in [-0.1, -0.05) is 0 Å². The van der Waals surface area contributed by atoms with Gasteiger partial charge in [-0.15, -0.1) is 0 Å². The predicted molar refractivity (Wildman–Crippen MR) is 97.8 cm³/mol. The molecule has 2 aromatic rings. The molecular weight excluding hydrogens is 354 g/mol. The number of amides is 2. The number of benzene rings is 2. The Balaban J connectivity index is 2.19. The number of ether oxygens (including phenoxy) is 4. The van der Waals surface area contributed by atoms with Gasteiger partial charge in [0.2, 0.25) is 0 Å². The molecule has 0 spiro atoms. The van der Waals surface area contributed by atoms with Crippen LogP contribution in [0.5, 0.6) is 23.0 Å². The van der Waals surface area contributed by atoms with Gasteiger partial charge in [0, 0.05) is 0 Å². The molecule has 142 valence electrons. The molecule has 0 aromatic heterocycles. The van der Waals surface area contributed by atoms with Crippen LogP contribution >= 0.6 is 0 Å². The maximum Gasteiger partial charge on any atom is 0.343 e. The van der Waals surface area contributed by atoms with Crippen LogP contribution in [0.25, 0.3) is 0 Å². The maximum atomic E-state index is 12.4. The van der Waals surface area contributed by atoms with Crippen LogP contribution in [0, 0.1) is 0 Å². The molecule has 0 saturated carbocycles. The molecule has 3 N–H and O–H groups in total. The average Bonchev–Trinajstić information content (AvgIpc) is 2.67. The van der Waals surface area contributed by atoms with E-state index >= 15 is 0 Å². The van der Waals surface area contributed by atoms with Gasteiger partial charge in [0.1, 0.15) is 0 Å². The molecule has 0 aliphatic carbocycles. The highest BCUT2D eigenvalue weighted by molar-refractivity contribution is 5.92. The average molecular weight is 373 g/mol. The first-order chi connectivity index (χ1) is 13.0. The van der Waals surface area contributed by atoms with Gasteiger partial charge in [0.15, 0.2) is 23.0 Å². The van der Waals surface area contributed by atoms with Gasteiger partial charge < -0.3 is 24.7 Å². The highest BCUT2D eigenvalue weighted by atomic mass is 16.6. The summed E-state index contributed by atoms with van der Waals surface area (Å²) < 4.78 is 21.0. The van der Waals surface area contributed by atoms with E-state index in [1.165, 1.54) is 33.6 Å². The molecule has 9 heteroatoms. The van der Waals surface area contributed by atoms with Crippen LogP contribution < -0.4 is 30.1 Å². The molecule has 0 heterocycles. The van der Waals surface area contributed by atoms with E-state index in [0.29, 0.717) is 22.8 Å². The van der Waals surface area contributed by atoms with Crippen LogP contribution in [-0.2, 0) is 0 Å². The standard InChI is InChI=1S/C18H19N3O6/c1-24-13-7-5-12(9-16(13)26-3)17(22)27-14-6-4-11(8-15(14)25-2)10-20-21-18(19)23/h4-10H,1-3H3,(H3,19,21,23)/b20-10-. The van der Waals surface area contributed by atoms with E-state index < -0.39 is 12.0 Å². The van der Waals surface area contributed by atoms with Crippen molar-refractivity contribution in [1.82, 2.24) is 5.43 Å². The van der Waals surface area contributed by atoms with Crippen molar-refractivity contribution in [3.05, 3.63) is 47.5 Å². The van der Waals surface area contributed by atoms with Gasteiger partial charge in [-0.2, -0.15) is 5.10 Å². The number of nitrogens with zero attached hydrogens (tertiary/aromatic N) is 1. The maximum absolute atomic E-state index is 12.4. The molecule has 0 atom stereocenters. The van der Waals surface area contributed by atoms with E-state index in [1.807, 2.05) is 0 Å². The van der Waals surface area contributed by atoms with Crippen molar-refractivity contribution in [1.29, 1.82) is 0 Å². The zero-order valence-corrected chi connectivity index (χ0v) is 15.0. The summed E-state index contributed by atoms with van der Waals surface area (Å²) in [5.41, 5.74) is 7.89. The van der Waals surface area contributed by atoms with Crippen LogP contribution in [0.4, 0.5) is 4.79 Å². The number of esters is 1. The number of carbonyl (C=O) groups is 2. The summed E-state index contributed by atoms with van der Waals surface area (Å²) in [6.07, 6.45) is 1.37. The molecule has 0 fully saturated rings. The number of hydrazone groups is 1. The quantitative estimate of drug-likeness (QED) is 0.331. The van der Waals surface area contributed by atoms with Crippen molar-refractivity contribution in [2.45, 2.75) is 0 Å². The Bertz CT molecular complexity index is 866. The molecule has 0 radical (unpaired) electrons. The minimum Gasteiger partial charge on any atom is -0.493 e. The third-order valence-corrected chi connectivity index (χ3v) is 3.40. The van der Waals surface area contributed by atoms with Crippen molar-refractivity contribution in [2.75, 3.05) is 21.3 Å². The lowest BCUT2D eigenvalue weighted by molar-refractivity contribution is 0.0729. The monoisotopic (exact) mass is 373 g/mol. The molecule has 0 saturated heterocycles. The molecule has 2 rings (SSSR count). The highest BCUT2D eigenvalue weighted by Crippen LogP contribution is 2.31. The fourth-order valence-electron chi connectivity index (χ4n) is 2.14. The van der Waals surface area contributed by atoms with Gasteiger partial charge in [-0.25, -0.2) is 15.0 Å². The van der Waals surface area contributed by atoms with Gasteiger partial charge in [0.25, 0.3) is 0 Å². The first-order valence-electron chi connectivity index (χ1n) is 7.69. The number of primary amides is 1. The number of carbonyl (C=O) groups excluding carboxylic acids is 2. The molecule has 0 aliphatic rings. The number of nitrogens with two attached hydrogens (primary N) is 1. The summed E-state index contributed by atoms with van der Waals surface area (Å²) in [7, 11) is 4.42. The number of hydrogen-bond donors (Lipinski definition) is 2. The van der Waals surface area contributed by atoms with Crippen molar-refractivity contribution in [2.24, 2.45) is 10.8 Å². The fraction of sp³-hybridized carbons (Fsp3) is 0.167. The molecule has 0 bridgehead atoms. The number of hydrogen-bond acceptors (Lipinski definition) is 7. The van der Waals surface area contributed by atoms with Crippen LogP contribution in [0.15, 0.2) is 41.5 Å². The number of nitrogens with one attached hydrogen (secondary N) is 1. The predicted octanol–water partition coefficient (Wildman–Crippen LogP) is 1.93. The molecule has 2 aromatic carbocycles. The zero-order chi connectivity index (χ0) is 19.8. The van der Waals surface area contributed by atoms with Crippen molar-refractivity contribution in [3.8, 4) is 23.0 Å². The Morgan fingerprint density at radius 3 is 2.19 bits per heavy atom. The normalized spacial score (nSPS) is 10.3. The molecule has 0 aliphatic heterocycles. The van der Waals surface area contributed by atoms with E-state index in [4.69, 9.17) is 24.7 Å². The van der Waals surface area contributed by atoms with Gasteiger partial charge in [0.05, 0.1) is 33.1 Å². The van der Waals surface area contributed by atoms with E-state index in [1.54, 1.807) is 30.3 Å². The van der Waals surface area contributed by atoms with Crippen LogP contribution in [-0.4, -0.2) is 39.5 Å². The second kappa shape index (κ2) is 9.09. The Kier molecular flexibility index (Phi) is 6.59. The number of urea groups is 1. The SMILES string of the molecule is COc1ccc(C(=O)Oc2ccc(/C=N\NC(N)=O)cc2OC)cc1OC. The van der Waals surface area contributed by atoms with Gasteiger partial charge in [-0.05, 0) is 42.0 Å². The van der Waals surface area contributed by atoms with Crippen LogP contribution in [0.1, 0.15) is 15.9 Å². The minimum atomic E-state index is -0.779. The Morgan fingerprint density at radius 1 is 0.926 bits per heavy atom. The van der Waals surface area contributed by atoms with E-state index in [0.717, 1.165) is 0 Å². The summed E-state index contributed by atoms with van der Waals surface area (Å²) in [6.45, 7) is 0. The van der Waals surface area contributed by atoms with Gasteiger partial charge in [-0.3, -0.25) is 0 Å². The van der Waals surface area contributed by atoms with E-state index in [-0.39, 0.29) is 11.3 Å². The fourth-order valence-corrected chi connectivity index (χ4v) is 2.14. The summed E-state index contributed by atoms with van der Waals surface area (Å²) in [6, 6.07) is 8.67. The molecular formula is C18H19N3O6. The Labute approximate surface area is 155 Å². The van der Waals surface area contributed by atoms with Crippen LogP contribution in [0.2, 0.25) is 0 Å². The third kappa shape index (κ3) is 5.11. The number of methoxy groups -OCH3 is 3. The lowest BCUT2D eigenvalue weighted by Crippen LogP contribution is -2.24. The summed E-state index contributed by atoms with van der Waals surface area (Å²) in [5, 5.41) is 3.65. The molecule has 27 heavy (non-hydrogen) atoms. The van der Waals surface area contributed by atoms with Crippen LogP contribution in [0.3, 0.4) is 0 Å². The second-order valence-electron chi connectivity index (χ2n) is 5.10. The Morgan fingerprint density at radius 2 is 1.56 bits per heavy atom. The first-order valence-corrected chi connectivity index (χ1v) is 7.69. The lowest BCUT2D eigenvalue weighted by Gasteiger charge is -2.11. The van der Waals surface area contributed by atoms with Gasteiger partial charge >= 0.3 is 12.0 Å². The summed E-state index contributed by atoms with van der Waals surface area (Å²) in [4.78, 5) is 23.0. The zero-order valence-electron chi connectivity index (χ0n) is 15.0. The van der Waals surface area contributed by atoms with Crippen molar-refractivity contribution < 1.29 is 28.5 Å². The first kappa shape index (κ1) is 19.6. The smallest absolute Gasteiger partial charge is 0.343 e. The summed E-state index contributed by atoms with van der Waals surface area (Å²) in [5.74, 6) is 0.850. The summed E-state index contributed by atoms with van der Waals surface area (Å²) >= 11 is 0. The number of rotatable bonds is 7. The largest absolute Gasteiger partial charge is 0.493 e. The minimum absolute atomic E-state index is 0.220. The lowest BCUT2D eigenvalue weighted by atomic mass is 10.2. The molecule has 9 nitrogen and oxygen atoms in total. The Hall–Kier alpha value is -3.75. The van der Waals surface area contributed by atoms with Crippen molar-refractivity contribution in [3.63, 3.8) is 0 Å². The topological polar surface area (TPSA) is 121 Å².